The average Bonchev–Trinajstić information content (AvgIpc) is 2.75. The fourth-order valence-electron chi connectivity index (χ4n) is 3.41. The lowest BCUT2D eigenvalue weighted by Gasteiger charge is -2.32. The van der Waals surface area contributed by atoms with Crippen molar-refractivity contribution in [3.63, 3.8) is 0 Å². The number of hydrogen-bond donors (Lipinski definition) is 1. The van der Waals surface area contributed by atoms with Gasteiger partial charge in [0, 0.05) is 36.7 Å². The van der Waals surface area contributed by atoms with Crippen molar-refractivity contribution in [2.45, 2.75) is 12.8 Å². The smallest absolute Gasteiger partial charge is 0.229 e. The van der Waals surface area contributed by atoms with Gasteiger partial charge in [-0.2, -0.15) is 0 Å². The molecule has 3 aromatic rings. The van der Waals surface area contributed by atoms with Gasteiger partial charge in [0.2, 0.25) is 11.9 Å². The van der Waals surface area contributed by atoms with Crippen LogP contribution in [0.3, 0.4) is 0 Å². The Balaban J connectivity index is 1.42. The molecule has 1 fully saturated rings. The summed E-state index contributed by atoms with van der Waals surface area (Å²) < 4.78 is 13.1. The highest BCUT2D eigenvalue weighted by molar-refractivity contribution is 5.93. The molecule has 1 aliphatic heterocycles. The maximum Gasteiger partial charge on any atom is 0.229 e. The van der Waals surface area contributed by atoms with Crippen molar-refractivity contribution in [3.8, 4) is 11.1 Å². The third-order valence-corrected chi connectivity index (χ3v) is 4.93. The van der Waals surface area contributed by atoms with E-state index in [2.05, 4.69) is 15.3 Å². The first kappa shape index (κ1) is 18.1. The minimum absolute atomic E-state index is 0.0267. The van der Waals surface area contributed by atoms with Crippen LogP contribution in [0.2, 0.25) is 0 Å². The maximum absolute atomic E-state index is 13.1. The van der Waals surface area contributed by atoms with Gasteiger partial charge in [0.25, 0.3) is 0 Å². The molecule has 1 atom stereocenters. The Morgan fingerprint density at radius 3 is 2.43 bits per heavy atom. The number of anilines is 2. The highest BCUT2D eigenvalue weighted by atomic mass is 19.1. The second kappa shape index (κ2) is 8.17. The number of nitrogens with zero attached hydrogens (tertiary/aromatic N) is 3. The van der Waals surface area contributed by atoms with Crippen molar-refractivity contribution in [1.82, 2.24) is 9.97 Å². The van der Waals surface area contributed by atoms with Gasteiger partial charge in [-0.15, -0.1) is 0 Å². The Morgan fingerprint density at radius 1 is 1.00 bits per heavy atom. The molecule has 0 saturated carbocycles. The molecule has 5 nitrogen and oxygen atoms in total. The van der Waals surface area contributed by atoms with Crippen molar-refractivity contribution in [2.24, 2.45) is 5.92 Å². The number of carbonyl (C=O) groups excluding carboxylic acids is 1. The van der Waals surface area contributed by atoms with Crippen LogP contribution in [-0.4, -0.2) is 29.0 Å². The molecule has 1 saturated heterocycles. The van der Waals surface area contributed by atoms with E-state index in [0.717, 1.165) is 36.2 Å². The third kappa shape index (κ3) is 4.17. The van der Waals surface area contributed by atoms with Crippen LogP contribution in [0, 0.1) is 11.7 Å². The molecule has 0 radical (unpaired) electrons. The van der Waals surface area contributed by atoms with E-state index in [1.54, 1.807) is 24.5 Å². The molecule has 0 unspecified atom stereocenters. The highest BCUT2D eigenvalue weighted by Crippen LogP contribution is 2.24. The number of piperidine rings is 1. The zero-order valence-electron chi connectivity index (χ0n) is 15.4. The number of para-hydroxylation sites is 1. The molecule has 1 amide bonds. The van der Waals surface area contributed by atoms with Crippen molar-refractivity contribution >= 4 is 17.5 Å². The van der Waals surface area contributed by atoms with E-state index in [1.165, 1.54) is 12.1 Å². The fourth-order valence-corrected chi connectivity index (χ4v) is 3.41. The van der Waals surface area contributed by atoms with Crippen LogP contribution in [-0.2, 0) is 4.79 Å². The Morgan fingerprint density at radius 2 is 1.71 bits per heavy atom. The average molecular weight is 376 g/mol. The molecule has 2 aromatic carbocycles. The third-order valence-electron chi connectivity index (χ3n) is 4.93. The predicted octanol–water partition coefficient (Wildman–Crippen LogP) is 4.14. The van der Waals surface area contributed by atoms with Crippen LogP contribution in [0.25, 0.3) is 11.1 Å². The zero-order chi connectivity index (χ0) is 19.3. The highest BCUT2D eigenvalue weighted by Gasteiger charge is 2.27. The minimum Gasteiger partial charge on any atom is -0.340 e. The number of halogens is 1. The van der Waals surface area contributed by atoms with Gasteiger partial charge in [0.1, 0.15) is 5.82 Å². The van der Waals surface area contributed by atoms with Crippen LogP contribution in [0.4, 0.5) is 16.0 Å². The van der Waals surface area contributed by atoms with Gasteiger partial charge in [-0.05, 0) is 42.7 Å². The van der Waals surface area contributed by atoms with Crippen LogP contribution >= 0.6 is 0 Å². The molecule has 28 heavy (non-hydrogen) atoms. The lowest BCUT2D eigenvalue weighted by molar-refractivity contribution is -0.120. The van der Waals surface area contributed by atoms with Crippen molar-refractivity contribution in [3.05, 3.63) is 72.8 Å². The van der Waals surface area contributed by atoms with E-state index >= 15 is 0 Å². The maximum atomic E-state index is 13.1. The Bertz CT molecular complexity index is 929. The summed E-state index contributed by atoms with van der Waals surface area (Å²) in [5, 5.41) is 2.98. The van der Waals surface area contributed by atoms with Crippen LogP contribution < -0.4 is 10.2 Å². The molecule has 1 N–H and O–H groups in total. The lowest BCUT2D eigenvalue weighted by atomic mass is 9.97. The zero-order valence-corrected chi connectivity index (χ0v) is 15.4. The number of benzene rings is 2. The van der Waals surface area contributed by atoms with Crippen LogP contribution in [0.1, 0.15) is 12.8 Å². The molecule has 142 valence electrons. The van der Waals surface area contributed by atoms with Crippen molar-refractivity contribution < 1.29 is 9.18 Å². The lowest BCUT2D eigenvalue weighted by Crippen LogP contribution is -2.41. The fraction of sp³-hybridized carbons (Fsp3) is 0.227. The van der Waals surface area contributed by atoms with E-state index < -0.39 is 0 Å². The van der Waals surface area contributed by atoms with Crippen LogP contribution in [0.5, 0.6) is 0 Å². The number of rotatable bonds is 4. The summed E-state index contributed by atoms with van der Waals surface area (Å²) in [7, 11) is 0. The van der Waals surface area contributed by atoms with Crippen molar-refractivity contribution in [1.29, 1.82) is 0 Å². The van der Waals surface area contributed by atoms with E-state index in [1.807, 2.05) is 35.2 Å². The second-order valence-electron chi connectivity index (χ2n) is 6.92. The Hall–Kier alpha value is -3.28. The monoisotopic (exact) mass is 376 g/mol. The van der Waals surface area contributed by atoms with Gasteiger partial charge in [0.15, 0.2) is 0 Å². The first-order chi connectivity index (χ1) is 13.7. The number of aromatic nitrogens is 2. The van der Waals surface area contributed by atoms with E-state index in [-0.39, 0.29) is 17.6 Å². The van der Waals surface area contributed by atoms with Gasteiger partial charge in [-0.25, -0.2) is 14.4 Å². The largest absolute Gasteiger partial charge is 0.340 e. The predicted molar refractivity (Wildman–Crippen MR) is 107 cm³/mol. The first-order valence-electron chi connectivity index (χ1n) is 9.38. The van der Waals surface area contributed by atoms with Gasteiger partial charge in [-0.3, -0.25) is 4.79 Å². The van der Waals surface area contributed by atoms with Gasteiger partial charge in [0.05, 0.1) is 5.92 Å². The van der Waals surface area contributed by atoms with Crippen LogP contribution in [0.15, 0.2) is 67.0 Å². The van der Waals surface area contributed by atoms with Crippen molar-refractivity contribution in [2.75, 3.05) is 23.3 Å². The summed E-state index contributed by atoms with van der Waals surface area (Å²) in [6, 6.07) is 15.7. The second-order valence-corrected chi connectivity index (χ2v) is 6.92. The van der Waals surface area contributed by atoms with Gasteiger partial charge < -0.3 is 10.2 Å². The molecule has 2 heterocycles. The molecule has 1 aliphatic rings. The van der Waals surface area contributed by atoms with E-state index in [0.29, 0.717) is 12.5 Å². The summed E-state index contributed by atoms with van der Waals surface area (Å²) in [4.78, 5) is 23.6. The summed E-state index contributed by atoms with van der Waals surface area (Å²) in [5.74, 6) is 0.269. The molecule has 1 aromatic heterocycles. The molecular formula is C22H21FN4O. The number of amides is 1. The minimum atomic E-state index is -0.269. The summed E-state index contributed by atoms with van der Waals surface area (Å²) in [6.07, 6.45) is 5.24. The summed E-state index contributed by atoms with van der Waals surface area (Å²) in [5.41, 5.74) is 2.51. The SMILES string of the molecule is O=C(Nc1ccccc1)[C@H]1CCCN(c2ncc(-c3ccc(F)cc3)cn2)C1. The van der Waals surface area contributed by atoms with E-state index in [4.69, 9.17) is 0 Å². The summed E-state index contributed by atoms with van der Waals surface area (Å²) in [6.45, 7) is 1.42. The standard InChI is InChI=1S/C22H21FN4O/c23-19-10-8-16(9-11-19)18-13-24-22(25-14-18)27-12-4-5-17(15-27)21(28)26-20-6-2-1-3-7-20/h1-3,6-11,13-14,17H,4-5,12,15H2,(H,26,28)/t17-/m0/s1. The molecule has 0 aliphatic carbocycles. The van der Waals surface area contributed by atoms with Gasteiger partial charge >= 0.3 is 0 Å². The molecular weight excluding hydrogens is 355 g/mol. The number of nitrogens with one attached hydrogen (secondary N) is 1. The topological polar surface area (TPSA) is 58.1 Å². The van der Waals surface area contributed by atoms with E-state index in [9.17, 15) is 9.18 Å². The normalized spacial score (nSPS) is 16.6. The Labute approximate surface area is 163 Å². The number of hydrogen-bond acceptors (Lipinski definition) is 4. The molecule has 0 bridgehead atoms. The molecule has 0 spiro atoms. The summed E-state index contributed by atoms with van der Waals surface area (Å²) >= 11 is 0. The Kier molecular flexibility index (Phi) is 5.28. The molecule has 6 heteroatoms. The first-order valence-corrected chi connectivity index (χ1v) is 9.38. The van der Waals surface area contributed by atoms with Gasteiger partial charge in [-0.1, -0.05) is 30.3 Å². The number of carbonyl (C=O) groups is 1. The quantitative estimate of drug-likeness (QED) is 0.744. The molecule has 4 rings (SSSR count).